The van der Waals surface area contributed by atoms with Crippen LogP contribution in [0.4, 0.5) is 0 Å². The van der Waals surface area contributed by atoms with E-state index in [0.29, 0.717) is 12.2 Å². The van der Waals surface area contributed by atoms with Gasteiger partial charge in [0.25, 0.3) is 0 Å². The van der Waals surface area contributed by atoms with Crippen molar-refractivity contribution in [3.63, 3.8) is 0 Å². The lowest BCUT2D eigenvalue weighted by molar-refractivity contribution is -0.130. The molecule has 0 amide bonds. The maximum atomic E-state index is 12.6. The second-order valence-corrected chi connectivity index (χ2v) is 5.33. The molecule has 1 aliphatic rings. The van der Waals surface area contributed by atoms with Crippen molar-refractivity contribution in [3.05, 3.63) is 18.2 Å². The summed E-state index contributed by atoms with van der Waals surface area (Å²) in [5, 5.41) is 3.35. The van der Waals surface area contributed by atoms with E-state index < -0.39 is 0 Å². The lowest BCUT2D eigenvalue weighted by atomic mass is 9.71. The number of Topliss-reactive ketones (excluding diaryl/α,β-unsaturated/α-hetero) is 1. The van der Waals surface area contributed by atoms with Crippen LogP contribution >= 0.6 is 0 Å². The van der Waals surface area contributed by atoms with E-state index in [1.807, 2.05) is 17.8 Å². The van der Waals surface area contributed by atoms with E-state index in [1.165, 1.54) is 0 Å². The average Bonchev–Trinajstić information content (AvgIpc) is 2.76. The van der Waals surface area contributed by atoms with Gasteiger partial charge in [0, 0.05) is 24.9 Å². The van der Waals surface area contributed by atoms with Crippen LogP contribution in [0.2, 0.25) is 0 Å². The summed E-state index contributed by atoms with van der Waals surface area (Å²) in [6.45, 7) is 4.09. The highest BCUT2D eigenvalue weighted by Gasteiger charge is 2.38. The Kier molecular flexibility index (Phi) is 4.17. The third-order valence-electron chi connectivity index (χ3n) is 4.12. The number of carbonyl (C=O) groups is 1. The highest BCUT2D eigenvalue weighted by Crippen LogP contribution is 2.35. The van der Waals surface area contributed by atoms with E-state index in [-0.39, 0.29) is 5.41 Å². The summed E-state index contributed by atoms with van der Waals surface area (Å²) >= 11 is 0. The van der Waals surface area contributed by atoms with Crippen LogP contribution in [0.3, 0.4) is 0 Å². The first-order valence-electron chi connectivity index (χ1n) is 6.88. The molecule has 0 aliphatic carbocycles. The quantitative estimate of drug-likeness (QED) is 0.864. The number of aromatic nitrogens is 2. The van der Waals surface area contributed by atoms with Crippen LogP contribution in [0.1, 0.15) is 38.4 Å². The summed E-state index contributed by atoms with van der Waals surface area (Å²) in [4.78, 5) is 16.9. The number of ketones is 1. The molecule has 2 heterocycles. The highest BCUT2D eigenvalue weighted by molar-refractivity contribution is 5.86. The molecule has 0 unspecified atom stereocenters. The van der Waals surface area contributed by atoms with Crippen LogP contribution in [-0.2, 0) is 18.3 Å². The van der Waals surface area contributed by atoms with Gasteiger partial charge in [-0.1, -0.05) is 13.3 Å². The van der Waals surface area contributed by atoms with Crippen molar-refractivity contribution in [2.24, 2.45) is 12.5 Å². The average molecular weight is 249 g/mol. The summed E-state index contributed by atoms with van der Waals surface area (Å²) < 4.78 is 1.94. The van der Waals surface area contributed by atoms with Gasteiger partial charge in [-0.25, -0.2) is 4.98 Å². The molecule has 100 valence electrons. The van der Waals surface area contributed by atoms with Crippen LogP contribution < -0.4 is 5.32 Å². The zero-order valence-corrected chi connectivity index (χ0v) is 11.4. The minimum atomic E-state index is -0.105. The second kappa shape index (κ2) is 5.65. The molecule has 0 aromatic carbocycles. The fourth-order valence-corrected chi connectivity index (χ4v) is 2.95. The third kappa shape index (κ3) is 2.64. The summed E-state index contributed by atoms with van der Waals surface area (Å²) in [5.74, 6) is 1.26. The van der Waals surface area contributed by atoms with E-state index >= 15 is 0 Å². The van der Waals surface area contributed by atoms with Crippen LogP contribution in [-0.4, -0.2) is 28.4 Å². The number of nitrogens with one attached hydrogen (secondary N) is 1. The molecule has 0 spiro atoms. The van der Waals surface area contributed by atoms with Crippen LogP contribution in [0.15, 0.2) is 12.4 Å². The lowest BCUT2D eigenvalue weighted by Crippen LogP contribution is -2.43. The maximum absolute atomic E-state index is 12.6. The Morgan fingerprint density at radius 2 is 2.22 bits per heavy atom. The number of piperidine rings is 1. The summed E-state index contributed by atoms with van der Waals surface area (Å²) in [7, 11) is 1.95. The topological polar surface area (TPSA) is 46.9 Å². The van der Waals surface area contributed by atoms with Crippen molar-refractivity contribution >= 4 is 5.78 Å². The number of carbonyl (C=O) groups excluding carboxylic acids is 1. The lowest BCUT2D eigenvalue weighted by Gasteiger charge is -2.36. The smallest absolute Gasteiger partial charge is 0.146 e. The molecule has 1 aliphatic heterocycles. The van der Waals surface area contributed by atoms with Crippen LogP contribution in [0.25, 0.3) is 0 Å². The van der Waals surface area contributed by atoms with Gasteiger partial charge in [0.2, 0.25) is 0 Å². The number of hydrogen-bond donors (Lipinski definition) is 1. The number of imidazole rings is 1. The molecule has 0 radical (unpaired) electrons. The molecule has 0 saturated carbocycles. The molecule has 1 N–H and O–H groups in total. The molecule has 1 aromatic heterocycles. The molecule has 1 aromatic rings. The predicted octanol–water partition coefficient (Wildman–Crippen LogP) is 1.70. The molecule has 0 bridgehead atoms. The van der Waals surface area contributed by atoms with E-state index in [9.17, 15) is 4.79 Å². The van der Waals surface area contributed by atoms with Crippen LogP contribution in [0, 0.1) is 5.41 Å². The third-order valence-corrected chi connectivity index (χ3v) is 4.12. The summed E-state index contributed by atoms with van der Waals surface area (Å²) in [6, 6.07) is 0. The normalized spacial score (nSPS) is 18.8. The predicted molar refractivity (Wildman–Crippen MR) is 71.4 cm³/mol. The van der Waals surface area contributed by atoms with Crippen molar-refractivity contribution < 1.29 is 4.79 Å². The number of nitrogens with zero attached hydrogens (tertiary/aromatic N) is 2. The number of rotatable bonds is 5. The Labute approximate surface area is 109 Å². The monoisotopic (exact) mass is 249 g/mol. The van der Waals surface area contributed by atoms with Gasteiger partial charge in [-0.2, -0.15) is 0 Å². The number of aryl methyl sites for hydroxylation is 1. The zero-order valence-electron chi connectivity index (χ0n) is 11.4. The fraction of sp³-hybridized carbons (Fsp3) is 0.714. The Hall–Kier alpha value is -1.16. The van der Waals surface area contributed by atoms with Gasteiger partial charge in [-0.15, -0.1) is 0 Å². The van der Waals surface area contributed by atoms with Crippen molar-refractivity contribution in [2.75, 3.05) is 13.1 Å². The van der Waals surface area contributed by atoms with Crippen LogP contribution in [0.5, 0.6) is 0 Å². The van der Waals surface area contributed by atoms with E-state index in [0.717, 1.165) is 44.6 Å². The first-order chi connectivity index (χ1) is 8.68. The second-order valence-electron chi connectivity index (χ2n) is 5.33. The van der Waals surface area contributed by atoms with Gasteiger partial charge in [0.15, 0.2) is 0 Å². The fourth-order valence-electron chi connectivity index (χ4n) is 2.95. The zero-order chi connectivity index (χ0) is 13.0. The van der Waals surface area contributed by atoms with Gasteiger partial charge in [-0.3, -0.25) is 4.79 Å². The molecule has 4 heteroatoms. The van der Waals surface area contributed by atoms with Gasteiger partial charge in [0.05, 0.1) is 6.42 Å². The van der Waals surface area contributed by atoms with Gasteiger partial charge < -0.3 is 9.88 Å². The Balaban J connectivity index is 2.11. The Morgan fingerprint density at radius 1 is 1.50 bits per heavy atom. The maximum Gasteiger partial charge on any atom is 0.146 e. The van der Waals surface area contributed by atoms with Gasteiger partial charge in [-0.05, 0) is 32.4 Å². The van der Waals surface area contributed by atoms with E-state index in [4.69, 9.17) is 0 Å². The molecule has 4 nitrogen and oxygen atoms in total. The first-order valence-corrected chi connectivity index (χ1v) is 6.88. The minimum Gasteiger partial charge on any atom is -0.338 e. The molecule has 2 rings (SSSR count). The molecule has 0 atom stereocenters. The molecule has 1 saturated heterocycles. The molecule has 1 fully saturated rings. The van der Waals surface area contributed by atoms with Crippen molar-refractivity contribution in [1.82, 2.24) is 14.9 Å². The molecule has 18 heavy (non-hydrogen) atoms. The summed E-state index contributed by atoms with van der Waals surface area (Å²) in [5.41, 5.74) is -0.105. The van der Waals surface area contributed by atoms with Crippen molar-refractivity contribution in [3.8, 4) is 0 Å². The number of hydrogen-bond acceptors (Lipinski definition) is 3. The van der Waals surface area contributed by atoms with Gasteiger partial charge in [0.1, 0.15) is 11.6 Å². The largest absolute Gasteiger partial charge is 0.338 e. The van der Waals surface area contributed by atoms with E-state index in [1.54, 1.807) is 6.20 Å². The Bertz CT molecular complexity index is 399. The van der Waals surface area contributed by atoms with Crippen molar-refractivity contribution in [1.29, 1.82) is 0 Å². The summed E-state index contributed by atoms with van der Waals surface area (Å²) in [6.07, 6.45) is 8.18. The highest BCUT2D eigenvalue weighted by atomic mass is 16.1. The first kappa shape index (κ1) is 13.3. The minimum absolute atomic E-state index is 0.105. The molecular weight excluding hydrogens is 226 g/mol. The Morgan fingerprint density at radius 3 is 2.78 bits per heavy atom. The molecular formula is C14H23N3O. The SMILES string of the molecule is CCCC1(C(=O)Cc2nccn2C)CCNCC1. The van der Waals surface area contributed by atoms with Gasteiger partial charge >= 0.3 is 0 Å². The van der Waals surface area contributed by atoms with E-state index in [2.05, 4.69) is 17.2 Å². The standard InChI is InChI=1S/C14H23N3O/c1-3-4-14(5-7-15-8-6-14)12(18)11-13-16-9-10-17(13)2/h9-10,15H,3-8,11H2,1-2H3. The van der Waals surface area contributed by atoms with Crippen molar-refractivity contribution in [2.45, 2.75) is 39.0 Å².